The van der Waals surface area contributed by atoms with Crippen molar-refractivity contribution in [3.63, 3.8) is 0 Å². The highest BCUT2D eigenvalue weighted by molar-refractivity contribution is 4.87. The van der Waals surface area contributed by atoms with Crippen molar-refractivity contribution in [1.82, 2.24) is 0 Å². The van der Waals surface area contributed by atoms with Crippen molar-refractivity contribution in [3.8, 4) is 0 Å². The Morgan fingerprint density at radius 2 is 2.10 bits per heavy atom. The lowest BCUT2D eigenvalue weighted by molar-refractivity contribution is 0.633. The molecule has 10 heavy (non-hydrogen) atoms. The second-order valence-electron chi connectivity index (χ2n) is 2.67. The van der Waals surface area contributed by atoms with E-state index < -0.39 is 0 Å². The quantitative estimate of drug-likeness (QED) is 0.510. The smallest absolute Gasteiger partial charge is 0.0236 e. The fourth-order valence-corrected chi connectivity index (χ4v) is 0.892. The van der Waals surface area contributed by atoms with Crippen molar-refractivity contribution in [2.45, 2.75) is 39.5 Å². The van der Waals surface area contributed by atoms with Gasteiger partial charge < -0.3 is 0 Å². The first-order valence-corrected chi connectivity index (χ1v) is 4.31. The van der Waals surface area contributed by atoms with Gasteiger partial charge in [-0.1, -0.05) is 39.3 Å². The number of hydrogen-bond acceptors (Lipinski definition) is 0. The summed E-state index contributed by atoms with van der Waals surface area (Å²) in [5.74, 6) is 0.714. The van der Waals surface area contributed by atoms with Gasteiger partial charge in [0.05, 0.1) is 0 Å². The van der Waals surface area contributed by atoms with Gasteiger partial charge in [0.2, 0.25) is 0 Å². The van der Waals surface area contributed by atoms with E-state index in [4.69, 9.17) is 0 Å². The van der Waals surface area contributed by atoms with Crippen LogP contribution in [-0.2, 0) is 0 Å². The summed E-state index contributed by atoms with van der Waals surface area (Å²) in [7, 11) is 0. The minimum absolute atomic E-state index is 0.714. The molecule has 1 atom stereocenters. The highest BCUT2D eigenvalue weighted by Crippen LogP contribution is 2.08. The zero-order valence-electron chi connectivity index (χ0n) is 7.27. The highest BCUT2D eigenvalue weighted by Gasteiger charge is 1.94. The van der Waals surface area contributed by atoms with Gasteiger partial charge in [-0.2, -0.15) is 0 Å². The Balaban J connectivity index is 3.40. The SMILES string of the molecule is [CH2]CC(/C=C/CCC)CC. The third-order valence-corrected chi connectivity index (χ3v) is 1.76. The molecule has 0 saturated heterocycles. The van der Waals surface area contributed by atoms with E-state index in [1.165, 1.54) is 19.3 Å². The van der Waals surface area contributed by atoms with Gasteiger partial charge in [0.1, 0.15) is 0 Å². The Labute approximate surface area is 65.3 Å². The second kappa shape index (κ2) is 6.85. The lowest BCUT2D eigenvalue weighted by atomic mass is 10.0. The van der Waals surface area contributed by atoms with E-state index in [-0.39, 0.29) is 0 Å². The minimum Gasteiger partial charge on any atom is -0.0883 e. The first kappa shape index (κ1) is 9.74. The molecule has 0 aliphatic rings. The van der Waals surface area contributed by atoms with Gasteiger partial charge in [-0.3, -0.25) is 0 Å². The van der Waals surface area contributed by atoms with Crippen molar-refractivity contribution in [3.05, 3.63) is 19.1 Å². The highest BCUT2D eigenvalue weighted by atomic mass is 14.0. The molecule has 0 aliphatic heterocycles. The first-order chi connectivity index (χ1) is 4.85. The van der Waals surface area contributed by atoms with Gasteiger partial charge in [-0.05, 0) is 25.2 Å². The van der Waals surface area contributed by atoms with E-state index in [1.54, 1.807) is 0 Å². The van der Waals surface area contributed by atoms with Gasteiger partial charge in [0, 0.05) is 0 Å². The van der Waals surface area contributed by atoms with Gasteiger partial charge in [-0.15, -0.1) is 0 Å². The van der Waals surface area contributed by atoms with Crippen LogP contribution in [0.5, 0.6) is 0 Å². The number of rotatable bonds is 5. The maximum atomic E-state index is 3.88. The fraction of sp³-hybridized carbons (Fsp3) is 0.700. The van der Waals surface area contributed by atoms with Crippen molar-refractivity contribution < 1.29 is 0 Å². The van der Waals surface area contributed by atoms with Crippen LogP contribution in [0.15, 0.2) is 12.2 Å². The molecule has 0 nitrogen and oxygen atoms in total. The summed E-state index contributed by atoms with van der Waals surface area (Å²) in [6.07, 6.45) is 9.32. The summed E-state index contributed by atoms with van der Waals surface area (Å²) in [4.78, 5) is 0. The van der Waals surface area contributed by atoms with Crippen LogP contribution in [0.3, 0.4) is 0 Å². The molecule has 0 saturated carbocycles. The molecule has 1 radical (unpaired) electrons. The van der Waals surface area contributed by atoms with Gasteiger partial charge in [0.25, 0.3) is 0 Å². The molecular formula is C10H19. The summed E-state index contributed by atoms with van der Waals surface area (Å²) in [6, 6.07) is 0. The number of allylic oxidation sites excluding steroid dienone is 2. The Morgan fingerprint density at radius 3 is 2.50 bits per heavy atom. The molecule has 0 bridgehead atoms. The van der Waals surface area contributed by atoms with Crippen LogP contribution in [0.25, 0.3) is 0 Å². The maximum Gasteiger partial charge on any atom is -0.0236 e. The van der Waals surface area contributed by atoms with Crippen LogP contribution >= 0.6 is 0 Å². The van der Waals surface area contributed by atoms with Crippen LogP contribution in [0.2, 0.25) is 0 Å². The van der Waals surface area contributed by atoms with Crippen LogP contribution in [0.1, 0.15) is 39.5 Å². The number of hydrogen-bond donors (Lipinski definition) is 0. The molecule has 0 fully saturated rings. The zero-order chi connectivity index (χ0) is 7.82. The minimum atomic E-state index is 0.714. The normalized spacial score (nSPS) is 11.6. The van der Waals surface area contributed by atoms with Gasteiger partial charge in [0.15, 0.2) is 0 Å². The van der Waals surface area contributed by atoms with Crippen LogP contribution < -0.4 is 0 Å². The van der Waals surface area contributed by atoms with Crippen LogP contribution in [0, 0.1) is 12.8 Å². The second-order valence-corrected chi connectivity index (χ2v) is 2.67. The molecule has 0 aromatic carbocycles. The molecule has 0 N–H and O–H groups in total. The lowest BCUT2D eigenvalue weighted by Crippen LogP contribution is -1.89. The average Bonchev–Trinajstić information content (AvgIpc) is 1.99. The monoisotopic (exact) mass is 139 g/mol. The summed E-state index contributed by atoms with van der Waals surface area (Å²) >= 11 is 0. The first-order valence-electron chi connectivity index (χ1n) is 4.31. The maximum absolute atomic E-state index is 3.88. The van der Waals surface area contributed by atoms with E-state index >= 15 is 0 Å². The summed E-state index contributed by atoms with van der Waals surface area (Å²) in [6.45, 7) is 8.30. The van der Waals surface area contributed by atoms with Crippen molar-refractivity contribution in [2.24, 2.45) is 5.92 Å². The molecule has 0 aliphatic carbocycles. The summed E-state index contributed by atoms with van der Waals surface area (Å²) < 4.78 is 0. The molecule has 0 heterocycles. The molecule has 1 unspecified atom stereocenters. The zero-order valence-corrected chi connectivity index (χ0v) is 7.27. The molecule has 0 heteroatoms. The van der Waals surface area contributed by atoms with E-state index in [1.807, 2.05) is 0 Å². The van der Waals surface area contributed by atoms with E-state index in [2.05, 4.69) is 32.9 Å². The summed E-state index contributed by atoms with van der Waals surface area (Å²) in [5, 5.41) is 0. The summed E-state index contributed by atoms with van der Waals surface area (Å²) in [5.41, 5.74) is 0. The third-order valence-electron chi connectivity index (χ3n) is 1.76. The topological polar surface area (TPSA) is 0 Å². The standard InChI is InChI=1S/C10H19/c1-4-7-8-9-10(5-2)6-3/h8-10H,2,4-7H2,1,3H3/b9-8+. The molecule has 0 amide bonds. The molecule has 59 valence electrons. The van der Waals surface area contributed by atoms with Gasteiger partial charge in [-0.25, -0.2) is 0 Å². The predicted octanol–water partition coefficient (Wildman–Crippen LogP) is 3.59. The van der Waals surface area contributed by atoms with Crippen LogP contribution in [0.4, 0.5) is 0 Å². The van der Waals surface area contributed by atoms with E-state index in [9.17, 15) is 0 Å². The average molecular weight is 139 g/mol. The predicted molar refractivity (Wildman–Crippen MR) is 47.8 cm³/mol. The Hall–Kier alpha value is -0.260. The van der Waals surface area contributed by atoms with Gasteiger partial charge >= 0.3 is 0 Å². The van der Waals surface area contributed by atoms with E-state index in [0.717, 1.165) is 6.42 Å². The fourth-order valence-electron chi connectivity index (χ4n) is 0.892. The molecular weight excluding hydrogens is 120 g/mol. The Morgan fingerprint density at radius 1 is 1.40 bits per heavy atom. The van der Waals surface area contributed by atoms with E-state index in [0.29, 0.717) is 5.92 Å². The lowest BCUT2D eigenvalue weighted by Gasteiger charge is -2.03. The number of unbranched alkanes of at least 4 members (excludes halogenated alkanes) is 1. The molecule has 0 spiro atoms. The van der Waals surface area contributed by atoms with Crippen molar-refractivity contribution in [2.75, 3.05) is 0 Å². The largest absolute Gasteiger partial charge is 0.0883 e. The molecule has 0 aromatic heterocycles. The molecule has 0 aromatic rings. The Bertz CT molecular complexity index is 78.0. The van der Waals surface area contributed by atoms with Crippen molar-refractivity contribution in [1.29, 1.82) is 0 Å². The molecule has 0 rings (SSSR count). The van der Waals surface area contributed by atoms with Crippen molar-refractivity contribution >= 4 is 0 Å². The Kier molecular flexibility index (Phi) is 6.68. The van der Waals surface area contributed by atoms with Crippen LogP contribution in [-0.4, -0.2) is 0 Å². The third kappa shape index (κ3) is 4.60.